The van der Waals surface area contributed by atoms with E-state index in [0.29, 0.717) is 22.6 Å². The molecule has 3 heterocycles. The Bertz CT molecular complexity index is 1370. The minimum atomic E-state index is -0.215. The smallest absolute Gasteiger partial charge is 0.228 e. The van der Waals surface area contributed by atoms with Crippen LogP contribution >= 0.6 is 0 Å². The SMILES string of the molecule is CC(=O)N1/C(=C\c2cc(-c3cnn(C)c3)c3ccccc3n2)C(=O)c2ccccc21. The number of aromatic nitrogens is 3. The number of hydrogen-bond donors (Lipinski definition) is 0. The molecular formula is C24H18N4O2. The molecule has 6 nitrogen and oxygen atoms in total. The number of allylic oxidation sites excluding steroid dienone is 1. The second-order valence-electron chi connectivity index (χ2n) is 7.24. The lowest BCUT2D eigenvalue weighted by atomic mass is 10.0. The van der Waals surface area contributed by atoms with Gasteiger partial charge >= 0.3 is 0 Å². The molecule has 2 aromatic heterocycles. The van der Waals surface area contributed by atoms with Crippen LogP contribution in [0.25, 0.3) is 28.1 Å². The van der Waals surface area contributed by atoms with Crippen molar-refractivity contribution in [3.05, 3.63) is 83.9 Å². The Labute approximate surface area is 173 Å². The topological polar surface area (TPSA) is 68.1 Å². The van der Waals surface area contributed by atoms with Crippen molar-refractivity contribution in [2.24, 2.45) is 7.05 Å². The van der Waals surface area contributed by atoms with Crippen molar-refractivity contribution in [1.82, 2.24) is 14.8 Å². The minimum absolute atomic E-state index is 0.182. The van der Waals surface area contributed by atoms with Crippen molar-refractivity contribution in [3.63, 3.8) is 0 Å². The summed E-state index contributed by atoms with van der Waals surface area (Å²) < 4.78 is 1.75. The van der Waals surface area contributed by atoms with Crippen LogP contribution in [-0.4, -0.2) is 26.5 Å². The number of ketones is 1. The van der Waals surface area contributed by atoms with Crippen molar-refractivity contribution >= 4 is 34.4 Å². The van der Waals surface area contributed by atoms with E-state index in [9.17, 15) is 9.59 Å². The fourth-order valence-corrected chi connectivity index (χ4v) is 3.91. The lowest BCUT2D eigenvalue weighted by Gasteiger charge is -2.16. The lowest BCUT2D eigenvalue weighted by molar-refractivity contribution is -0.116. The standard InChI is InChI=1S/C24H18N4O2/c1-15(29)28-22-10-6-4-8-19(22)24(30)23(28)12-17-11-20(16-13-25-27(2)14-16)18-7-3-5-9-21(18)26-17/h3-14H,1-2H3/b23-12-. The maximum atomic E-state index is 13.0. The average molecular weight is 394 g/mol. The van der Waals surface area contributed by atoms with Crippen molar-refractivity contribution < 1.29 is 9.59 Å². The van der Waals surface area contributed by atoms with Gasteiger partial charge in [0, 0.05) is 36.7 Å². The van der Waals surface area contributed by atoms with Gasteiger partial charge in [-0.05, 0) is 35.9 Å². The maximum absolute atomic E-state index is 13.0. The lowest BCUT2D eigenvalue weighted by Crippen LogP contribution is -2.25. The van der Waals surface area contributed by atoms with Crippen LogP contribution in [0, 0.1) is 0 Å². The Hall–Kier alpha value is -4.06. The van der Waals surface area contributed by atoms with Gasteiger partial charge in [-0.2, -0.15) is 5.10 Å². The predicted molar refractivity (Wildman–Crippen MR) is 116 cm³/mol. The zero-order valence-corrected chi connectivity index (χ0v) is 16.5. The Morgan fingerprint density at radius 1 is 1.03 bits per heavy atom. The highest BCUT2D eigenvalue weighted by molar-refractivity contribution is 6.26. The van der Waals surface area contributed by atoms with Gasteiger partial charge in [-0.15, -0.1) is 0 Å². The van der Waals surface area contributed by atoms with Crippen molar-refractivity contribution in [2.45, 2.75) is 6.92 Å². The Morgan fingerprint density at radius 3 is 2.57 bits per heavy atom. The number of carbonyl (C=O) groups excluding carboxylic acids is 2. The summed E-state index contributed by atoms with van der Waals surface area (Å²) in [5.41, 5.74) is 4.78. The molecular weight excluding hydrogens is 376 g/mol. The number of hydrogen-bond acceptors (Lipinski definition) is 4. The number of nitrogens with zero attached hydrogens (tertiary/aromatic N) is 4. The summed E-state index contributed by atoms with van der Waals surface area (Å²) in [6.45, 7) is 1.46. The number of carbonyl (C=O) groups is 2. The molecule has 2 aromatic carbocycles. The summed E-state index contributed by atoms with van der Waals surface area (Å²) in [6.07, 6.45) is 5.43. The molecule has 0 saturated carbocycles. The van der Waals surface area contributed by atoms with Gasteiger partial charge in [-0.25, -0.2) is 4.98 Å². The van der Waals surface area contributed by atoms with E-state index in [4.69, 9.17) is 4.98 Å². The van der Waals surface area contributed by atoms with Gasteiger partial charge in [0.05, 0.1) is 28.8 Å². The first-order valence-electron chi connectivity index (χ1n) is 9.58. The van der Waals surface area contributed by atoms with Gasteiger partial charge < -0.3 is 0 Å². The molecule has 0 aliphatic carbocycles. The molecule has 0 unspecified atom stereocenters. The number of para-hydroxylation sites is 2. The molecule has 0 saturated heterocycles. The number of anilines is 1. The highest BCUT2D eigenvalue weighted by Crippen LogP contribution is 2.36. The molecule has 0 spiro atoms. The van der Waals surface area contributed by atoms with Gasteiger partial charge in [0.25, 0.3) is 0 Å². The molecule has 1 aliphatic heterocycles. The Morgan fingerprint density at radius 2 is 1.80 bits per heavy atom. The van der Waals surface area contributed by atoms with Gasteiger partial charge in [0.1, 0.15) is 0 Å². The quantitative estimate of drug-likeness (QED) is 0.477. The molecule has 30 heavy (non-hydrogen) atoms. The van der Waals surface area contributed by atoms with Crippen molar-refractivity contribution in [1.29, 1.82) is 0 Å². The first-order valence-corrected chi connectivity index (χ1v) is 9.58. The van der Waals surface area contributed by atoms with Crippen LogP contribution in [0.15, 0.2) is 72.7 Å². The van der Waals surface area contributed by atoms with Crippen LogP contribution in [0.3, 0.4) is 0 Å². The zero-order valence-electron chi connectivity index (χ0n) is 16.5. The summed E-state index contributed by atoms with van der Waals surface area (Å²) in [4.78, 5) is 31.6. The molecule has 146 valence electrons. The third kappa shape index (κ3) is 2.81. The van der Waals surface area contributed by atoms with Crippen LogP contribution < -0.4 is 4.90 Å². The van der Waals surface area contributed by atoms with E-state index >= 15 is 0 Å². The molecule has 0 fully saturated rings. The fourth-order valence-electron chi connectivity index (χ4n) is 3.91. The number of aryl methyl sites for hydroxylation is 1. The van der Waals surface area contributed by atoms with Crippen LogP contribution in [0.1, 0.15) is 23.0 Å². The van der Waals surface area contributed by atoms with Crippen LogP contribution in [0.5, 0.6) is 0 Å². The summed E-state index contributed by atoms with van der Waals surface area (Å²) in [7, 11) is 1.87. The fraction of sp³-hybridized carbons (Fsp3) is 0.0833. The van der Waals surface area contributed by atoms with E-state index < -0.39 is 0 Å². The molecule has 6 heteroatoms. The number of Topliss-reactive ketones (excluding diaryl/α,β-unsaturated/α-hetero) is 1. The van der Waals surface area contributed by atoms with E-state index in [1.54, 1.807) is 35.2 Å². The zero-order chi connectivity index (χ0) is 20.8. The van der Waals surface area contributed by atoms with Crippen molar-refractivity contribution in [2.75, 3.05) is 4.90 Å². The summed E-state index contributed by atoms with van der Waals surface area (Å²) in [5, 5.41) is 5.28. The average Bonchev–Trinajstić information content (AvgIpc) is 3.29. The van der Waals surface area contributed by atoms with E-state index in [1.807, 2.05) is 49.6 Å². The third-order valence-electron chi connectivity index (χ3n) is 5.21. The molecule has 4 aromatic rings. The minimum Gasteiger partial charge on any atom is -0.287 e. The van der Waals surface area contributed by atoms with Gasteiger partial charge in [-0.3, -0.25) is 19.2 Å². The Balaban J connectivity index is 1.71. The van der Waals surface area contributed by atoms with E-state index in [0.717, 1.165) is 22.0 Å². The summed E-state index contributed by atoms with van der Waals surface area (Å²) >= 11 is 0. The first kappa shape index (κ1) is 18.0. The van der Waals surface area contributed by atoms with Crippen LogP contribution in [-0.2, 0) is 11.8 Å². The number of amides is 1. The molecule has 0 bridgehead atoms. The molecule has 5 rings (SSSR count). The van der Waals surface area contributed by atoms with Gasteiger partial charge in [-0.1, -0.05) is 30.3 Å². The molecule has 0 radical (unpaired) electrons. The highest BCUT2D eigenvalue weighted by Gasteiger charge is 2.34. The van der Waals surface area contributed by atoms with Crippen molar-refractivity contribution in [3.8, 4) is 11.1 Å². The van der Waals surface area contributed by atoms with Crippen LogP contribution in [0.4, 0.5) is 5.69 Å². The second kappa shape index (κ2) is 6.77. The molecule has 0 atom stereocenters. The monoisotopic (exact) mass is 394 g/mol. The summed E-state index contributed by atoms with van der Waals surface area (Å²) in [6, 6.07) is 16.9. The van der Waals surface area contributed by atoms with E-state index in [-0.39, 0.29) is 11.7 Å². The molecule has 1 aliphatic rings. The van der Waals surface area contributed by atoms with Crippen LogP contribution in [0.2, 0.25) is 0 Å². The number of pyridine rings is 1. The Kier molecular flexibility index (Phi) is 4.06. The largest absolute Gasteiger partial charge is 0.287 e. The third-order valence-corrected chi connectivity index (χ3v) is 5.21. The molecule has 1 amide bonds. The van der Waals surface area contributed by atoms with E-state index in [1.165, 1.54) is 11.8 Å². The number of benzene rings is 2. The van der Waals surface area contributed by atoms with Gasteiger partial charge in [0.15, 0.2) is 0 Å². The maximum Gasteiger partial charge on any atom is 0.228 e. The van der Waals surface area contributed by atoms with Gasteiger partial charge in [0.2, 0.25) is 11.7 Å². The van der Waals surface area contributed by atoms with E-state index in [2.05, 4.69) is 5.10 Å². The predicted octanol–water partition coefficient (Wildman–Crippen LogP) is 4.23. The molecule has 0 N–H and O–H groups in total. The second-order valence-corrected chi connectivity index (χ2v) is 7.24. The first-order chi connectivity index (χ1) is 14.5. The normalized spacial score (nSPS) is 14.5. The highest BCUT2D eigenvalue weighted by atomic mass is 16.2. The number of fused-ring (bicyclic) bond motifs is 2. The number of rotatable bonds is 2. The summed E-state index contributed by atoms with van der Waals surface area (Å²) in [5.74, 6) is -0.397.